The molecule has 0 spiro atoms. The highest BCUT2D eigenvalue weighted by Gasteiger charge is 2.48. The summed E-state index contributed by atoms with van der Waals surface area (Å²) in [7, 11) is 0. The Hall–Kier alpha value is -1.10. The predicted molar refractivity (Wildman–Crippen MR) is 111 cm³/mol. The van der Waals surface area contributed by atoms with E-state index in [9.17, 15) is 4.79 Å². The first-order valence-electron chi connectivity index (χ1n) is 9.62. The van der Waals surface area contributed by atoms with Gasteiger partial charge in [-0.25, -0.2) is 0 Å². The number of hydrogen-bond donors (Lipinski definition) is 1. The smallest absolute Gasteiger partial charge is 0.261 e. The molecule has 6 rings (SSSR count). The predicted octanol–water partition coefficient (Wildman–Crippen LogP) is 4.80. The van der Waals surface area contributed by atoms with E-state index < -0.39 is 0 Å². The van der Waals surface area contributed by atoms with Crippen molar-refractivity contribution in [3.8, 4) is 0 Å². The van der Waals surface area contributed by atoms with Crippen molar-refractivity contribution in [1.29, 1.82) is 0 Å². The van der Waals surface area contributed by atoms with Crippen LogP contribution in [-0.2, 0) is 0 Å². The fourth-order valence-electron chi connectivity index (χ4n) is 5.00. The Balaban J connectivity index is 0.00000168. The number of thiophene rings is 1. The van der Waals surface area contributed by atoms with Gasteiger partial charge in [0.25, 0.3) is 5.91 Å². The number of rotatable bonds is 3. The van der Waals surface area contributed by atoms with E-state index in [1.54, 1.807) is 11.3 Å². The molecule has 3 nitrogen and oxygen atoms in total. The van der Waals surface area contributed by atoms with Crippen molar-refractivity contribution in [3.05, 3.63) is 34.7 Å². The molecule has 1 amide bonds. The van der Waals surface area contributed by atoms with E-state index in [-0.39, 0.29) is 29.9 Å². The zero-order valence-electron chi connectivity index (χ0n) is 15.5. The van der Waals surface area contributed by atoms with Crippen molar-refractivity contribution in [2.45, 2.75) is 57.0 Å². The Morgan fingerprint density at radius 3 is 2.58 bits per heavy atom. The van der Waals surface area contributed by atoms with Crippen LogP contribution in [0.2, 0.25) is 0 Å². The van der Waals surface area contributed by atoms with Gasteiger partial charge in [0.05, 0.1) is 4.88 Å². The lowest BCUT2D eigenvalue weighted by Crippen LogP contribution is -2.69. The summed E-state index contributed by atoms with van der Waals surface area (Å²) in [5.41, 5.74) is 1.51. The average Bonchev–Trinajstić information content (AvgIpc) is 3.35. The first-order valence-corrected chi connectivity index (χ1v) is 10.4. The number of hydrogen-bond acceptors (Lipinski definition) is 3. The molecule has 1 aromatic heterocycles. The molecular formula is C21H27ClN2OS. The minimum atomic E-state index is 0. The number of piperidine rings is 3. The first-order chi connectivity index (χ1) is 12.0. The van der Waals surface area contributed by atoms with Crippen molar-refractivity contribution >= 4 is 39.7 Å². The molecule has 2 aromatic rings. The molecule has 3 saturated heterocycles. The number of nitrogens with one attached hydrogen (secondary N) is 1. The summed E-state index contributed by atoms with van der Waals surface area (Å²) in [5.74, 6) is 1.47. The Labute approximate surface area is 165 Å². The van der Waals surface area contributed by atoms with Crippen LogP contribution in [0.5, 0.6) is 0 Å². The van der Waals surface area contributed by atoms with Gasteiger partial charge in [-0.05, 0) is 81.5 Å². The molecule has 4 heterocycles. The van der Waals surface area contributed by atoms with Gasteiger partial charge in [0.15, 0.2) is 0 Å². The Morgan fingerprint density at radius 2 is 1.92 bits per heavy atom. The summed E-state index contributed by atoms with van der Waals surface area (Å²) in [5, 5.41) is 4.64. The molecule has 0 radical (unpaired) electrons. The number of nitrogens with zero attached hydrogens (tertiary/aromatic N) is 1. The van der Waals surface area contributed by atoms with Gasteiger partial charge in [0, 0.05) is 16.3 Å². The van der Waals surface area contributed by atoms with Gasteiger partial charge in [0.2, 0.25) is 0 Å². The first kappa shape index (κ1) is 18.3. The topological polar surface area (TPSA) is 32.3 Å². The molecule has 4 fully saturated rings. The van der Waals surface area contributed by atoms with E-state index >= 15 is 0 Å². The number of amides is 1. The third-order valence-electron chi connectivity index (χ3n) is 6.69. The average molecular weight is 391 g/mol. The van der Waals surface area contributed by atoms with Crippen LogP contribution in [0.4, 0.5) is 0 Å². The molecule has 26 heavy (non-hydrogen) atoms. The summed E-state index contributed by atoms with van der Waals surface area (Å²) in [6.07, 6.45) is 5.03. The zero-order valence-corrected chi connectivity index (χ0v) is 17.1. The maximum absolute atomic E-state index is 13.0. The Morgan fingerprint density at radius 1 is 1.19 bits per heavy atom. The van der Waals surface area contributed by atoms with Crippen LogP contribution < -0.4 is 5.32 Å². The quantitative estimate of drug-likeness (QED) is 0.816. The molecule has 1 aromatic carbocycles. The van der Waals surface area contributed by atoms with Gasteiger partial charge in [-0.3, -0.25) is 9.69 Å². The SMILES string of the molecule is CC1(C)[C@H](NC(=O)c2cc3cccc(C4CC4)c3s2)C2CCN1CC2.Cl. The van der Waals surface area contributed by atoms with Crippen molar-refractivity contribution in [1.82, 2.24) is 10.2 Å². The Kier molecular flexibility index (Phi) is 4.57. The fraction of sp³-hybridized carbons (Fsp3) is 0.571. The van der Waals surface area contributed by atoms with Crippen molar-refractivity contribution in [2.75, 3.05) is 13.1 Å². The van der Waals surface area contributed by atoms with Gasteiger partial charge >= 0.3 is 0 Å². The van der Waals surface area contributed by atoms with Crippen LogP contribution in [0.25, 0.3) is 10.1 Å². The molecule has 1 N–H and O–H groups in total. The molecular weight excluding hydrogens is 364 g/mol. The van der Waals surface area contributed by atoms with Crippen LogP contribution in [-0.4, -0.2) is 35.5 Å². The second-order valence-corrected chi connectivity index (χ2v) is 9.63. The summed E-state index contributed by atoms with van der Waals surface area (Å²) >= 11 is 1.68. The lowest BCUT2D eigenvalue weighted by Gasteiger charge is -2.56. The summed E-state index contributed by atoms with van der Waals surface area (Å²) < 4.78 is 1.32. The number of fused-ring (bicyclic) bond motifs is 4. The molecule has 2 bridgehead atoms. The molecule has 5 heteroatoms. The third-order valence-corrected chi connectivity index (χ3v) is 7.89. The number of benzene rings is 1. The summed E-state index contributed by atoms with van der Waals surface area (Å²) in [6.45, 7) is 6.94. The van der Waals surface area contributed by atoms with Crippen LogP contribution in [0.15, 0.2) is 24.3 Å². The number of carbonyl (C=O) groups is 1. The summed E-state index contributed by atoms with van der Waals surface area (Å²) in [4.78, 5) is 16.4. The highest BCUT2D eigenvalue weighted by molar-refractivity contribution is 7.21. The molecule has 4 aliphatic rings. The van der Waals surface area contributed by atoms with Crippen LogP contribution >= 0.6 is 23.7 Å². The van der Waals surface area contributed by atoms with Gasteiger partial charge in [0.1, 0.15) is 0 Å². The second kappa shape index (κ2) is 6.50. The highest BCUT2D eigenvalue weighted by atomic mass is 35.5. The number of halogens is 1. The molecule has 3 aliphatic heterocycles. The van der Waals surface area contributed by atoms with Crippen LogP contribution in [0, 0.1) is 5.92 Å². The normalized spacial score (nSPS) is 29.4. The molecule has 140 valence electrons. The van der Waals surface area contributed by atoms with Gasteiger partial charge < -0.3 is 5.32 Å². The van der Waals surface area contributed by atoms with Gasteiger partial charge in [-0.1, -0.05) is 18.2 Å². The molecule has 1 aliphatic carbocycles. The minimum Gasteiger partial charge on any atom is -0.346 e. The monoisotopic (exact) mass is 390 g/mol. The lowest BCUT2D eigenvalue weighted by atomic mass is 9.72. The van der Waals surface area contributed by atoms with E-state index in [4.69, 9.17) is 0 Å². The van der Waals surface area contributed by atoms with E-state index in [0.29, 0.717) is 5.92 Å². The van der Waals surface area contributed by atoms with Crippen LogP contribution in [0.3, 0.4) is 0 Å². The van der Waals surface area contributed by atoms with E-state index in [2.05, 4.69) is 48.3 Å². The zero-order chi connectivity index (χ0) is 17.2. The van der Waals surface area contributed by atoms with Gasteiger partial charge in [-0.15, -0.1) is 23.7 Å². The fourth-order valence-corrected chi connectivity index (χ4v) is 6.16. The van der Waals surface area contributed by atoms with Crippen molar-refractivity contribution in [2.24, 2.45) is 5.92 Å². The van der Waals surface area contributed by atoms with E-state index in [1.807, 2.05) is 0 Å². The minimum absolute atomic E-state index is 0. The largest absolute Gasteiger partial charge is 0.346 e. The lowest BCUT2D eigenvalue weighted by molar-refractivity contribution is -0.0377. The molecule has 0 unspecified atom stereocenters. The van der Waals surface area contributed by atoms with E-state index in [1.165, 1.54) is 54.4 Å². The molecule has 1 saturated carbocycles. The van der Waals surface area contributed by atoms with Crippen LogP contribution in [0.1, 0.15) is 60.7 Å². The Bertz CT molecular complexity index is 834. The summed E-state index contributed by atoms with van der Waals surface area (Å²) in [6, 6.07) is 8.88. The standard InChI is InChI=1S/C21H26N2OS.ClH/c1-21(2)19(14-8-10-23(21)11-9-14)22-20(24)17-12-15-4-3-5-16(13-6-7-13)18(15)25-17;/h3-5,12-14,19H,6-11H2,1-2H3,(H,22,24);1H/t19-;/m1./s1. The maximum Gasteiger partial charge on any atom is 0.261 e. The second-order valence-electron chi connectivity index (χ2n) is 8.58. The molecule has 1 atom stereocenters. The van der Waals surface area contributed by atoms with Gasteiger partial charge in [-0.2, -0.15) is 0 Å². The van der Waals surface area contributed by atoms with Crippen molar-refractivity contribution in [3.63, 3.8) is 0 Å². The number of carbonyl (C=O) groups excluding carboxylic acids is 1. The van der Waals surface area contributed by atoms with E-state index in [0.717, 1.165) is 10.8 Å². The maximum atomic E-state index is 13.0. The highest BCUT2D eigenvalue weighted by Crippen LogP contribution is 2.45. The van der Waals surface area contributed by atoms with Crippen molar-refractivity contribution < 1.29 is 4.79 Å². The third kappa shape index (κ3) is 2.87.